The molecule has 0 radical (unpaired) electrons. The number of hydrogen-bond donors (Lipinski definition) is 0. The summed E-state index contributed by atoms with van der Waals surface area (Å²) in [6.07, 6.45) is 2.89. The summed E-state index contributed by atoms with van der Waals surface area (Å²) in [6, 6.07) is 1.74. The number of sulfonamides is 1. The summed E-state index contributed by atoms with van der Waals surface area (Å²) in [7, 11) is -1.70. The van der Waals surface area contributed by atoms with Crippen LogP contribution in [0.2, 0.25) is 0 Å². The van der Waals surface area contributed by atoms with Crippen molar-refractivity contribution in [1.82, 2.24) is 4.31 Å². The van der Waals surface area contributed by atoms with Gasteiger partial charge in [-0.05, 0) is 59.8 Å². The number of aryl methyl sites for hydroxylation is 1. The maximum atomic E-state index is 12.4. The average molecular weight is 372 g/mol. The first-order chi connectivity index (χ1) is 8.30. The SMILES string of the molecule is CSCCC(C)N(C)S(=O)(=O)c1cc(C)c(Br)s1. The first-order valence-electron chi connectivity index (χ1n) is 5.53. The van der Waals surface area contributed by atoms with E-state index in [0.29, 0.717) is 4.21 Å². The van der Waals surface area contributed by atoms with Crippen molar-refractivity contribution in [3.8, 4) is 0 Å². The third-order valence-corrected chi connectivity index (χ3v) is 8.03. The molecule has 1 aromatic rings. The Morgan fingerprint density at radius 3 is 2.61 bits per heavy atom. The molecule has 1 aromatic heterocycles. The van der Waals surface area contributed by atoms with E-state index in [2.05, 4.69) is 15.9 Å². The minimum Gasteiger partial charge on any atom is -0.206 e. The molecule has 0 aliphatic heterocycles. The Hall–Kier alpha value is 0.440. The summed E-state index contributed by atoms with van der Waals surface area (Å²) in [5.41, 5.74) is 0.962. The fraction of sp³-hybridized carbons (Fsp3) is 0.636. The van der Waals surface area contributed by atoms with E-state index in [1.807, 2.05) is 20.1 Å². The molecule has 0 saturated carbocycles. The van der Waals surface area contributed by atoms with Crippen molar-refractivity contribution in [3.05, 3.63) is 15.4 Å². The molecule has 0 amide bonds. The summed E-state index contributed by atoms with van der Waals surface area (Å²) in [5, 5.41) is 0. The zero-order chi connectivity index (χ0) is 13.9. The van der Waals surface area contributed by atoms with E-state index in [1.54, 1.807) is 24.9 Å². The fourth-order valence-electron chi connectivity index (χ4n) is 1.41. The molecule has 1 atom stereocenters. The van der Waals surface area contributed by atoms with E-state index < -0.39 is 10.0 Å². The van der Waals surface area contributed by atoms with E-state index in [9.17, 15) is 8.42 Å². The Morgan fingerprint density at radius 2 is 2.17 bits per heavy atom. The van der Waals surface area contributed by atoms with Crippen LogP contribution in [-0.2, 0) is 10.0 Å². The largest absolute Gasteiger partial charge is 0.252 e. The molecule has 0 spiro atoms. The van der Waals surface area contributed by atoms with E-state index in [4.69, 9.17) is 0 Å². The van der Waals surface area contributed by atoms with Crippen molar-refractivity contribution < 1.29 is 8.42 Å². The number of thioether (sulfide) groups is 1. The Kier molecular flexibility index (Phi) is 6.18. The third-order valence-electron chi connectivity index (χ3n) is 2.83. The molecule has 0 bridgehead atoms. The van der Waals surface area contributed by atoms with E-state index in [0.717, 1.165) is 21.5 Å². The molecular formula is C11H18BrNO2S3. The van der Waals surface area contributed by atoms with E-state index in [-0.39, 0.29) is 6.04 Å². The third kappa shape index (κ3) is 3.72. The average Bonchev–Trinajstić information content (AvgIpc) is 2.66. The second-order valence-electron chi connectivity index (χ2n) is 4.17. The van der Waals surface area contributed by atoms with Crippen LogP contribution in [0.15, 0.2) is 14.1 Å². The Balaban J connectivity index is 2.92. The molecule has 0 fully saturated rings. The lowest BCUT2D eigenvalue weighted by Gasteiger charge is -2.23. The molecule has 0 N–H and O–H groups in total. The summed E-state index contributed by atoms with van der Waals surface area (Å²) in [6.45, 7) is 3.85. The van der Waals surface area contributed by atoms with E-state index >= 15 is 0 Å². The molecule has 1 heterocycles. The van der Waals surface area contributed by atoms with Gasteiger partial charge in [0.2, 0.25) is 0 Å². The van der Waals surface area contributed by atoms with Crippen molar-refractivity contribution in [2.75, 3.05) is 19.1 Å². The maximum absolute atomic E-state index is 12.4. The molecule has 0 aromatic carbocycles. The summed E-state index contributed by atoms with van der Waals surface area (Å²) < 4.78 is 27.6. The smallest absolute Gasteiger partial charge is 0.206 e. The van der Waals surface area contributed by atoms with Crippen molar-refractivity contribution in [3.63, 3.8) is 0 Å². The molecular weight excluding hydrogens is 354 g/mol. The molecule has 1 rings (SSSR count). The Morgan fingerprint density at radius 1 is 1.56 bits per heavy atom. The Labute approximate surface area is 126 Å². The predicted molar refractivity (Wildman–Crippen MR) is 84.2 cm³/mol. The van der Waals surface area contributed by atoms with Gasteiger partial charge in [0.15, 0.2) is 0 Å². The lowest BCUT2D eigenvalue weighted by molar-refractivity contribution is 0.383. The van der Waals surface area contributed by atoms with Crippen LogP contribution in [0.3, 0.4) is 0 Å². The number of rotatable bonds is 6. The zero-order valence-electron chi connectivity index (χ0n) is 10.9. The fourth-order valence-corrected chi connectivity index (χ4v) is 5.79. The van der Waals surface area contributed by atoms with Gasteiger partial charge in [0, 0.05) is 13.1 Å². The summed E-state index contributed by atoms with van der Waals surface area (Å²) in [4.78, 5) is 0. The van der Waals surface area contributed by atoms with Gasteiger partial charge in [-0.2, -0.15) is 16.1 Å². The molecule has 18 heavy (non-hydrogen) atoms. The zero-order valence-corrected chi connectivity index (χ0v) is 15.0. The topological polar surface area (TPSA) is 37.4 Å². The van der Waals surface area contributed by atoms with Crippen molar-refractivity contribution in [2.24, 2.45) is 0 Å². The van der Waals surface area contributed by atoms with Gasteiger partial charge in [-0.1, -0.05) is 0 Å². The number of thiophene rings is 1. The molecule has 3 nitrogen and oxygen atoms in total. The van der Waals surface area contributed by atoms with Crippen LogP contribution in [0.5, 0.6) is 0 Å². The quantitative estimate of drug-likeness (QED) is 0.766. The predicted octanol–water partition coefficient (Wildman–Crippen LogP) is 3.58. The minimum absolute atomic E-state index is 0.0173. The van der Waals surface area contributed by atoms with Gasteiger partial charge in [0.25, 0.3) is 10.0 Å². The van der Waals surface area contributed by atoms with Crippen LogP contribution in [-0.4, -0.2) is 37.8 Å². The van der Waals surface area contributed by atoms with Gasteiger partial charge in [0.1, 0.15) is 4.21 Å². The van der Waals surface area contributed by atoms with Crippen LogP contribution >= 0.6 is 39.0 Å². The Bertz CT molecular complexity index is 479. The second kappa shape index (κ2) is 6.74. The highest BCUT2D eigenvalue weighted by Gasteiger charge is 2.27. The minimum atomic E-state index is -3.36. The van der Waals surface area contributed by atoms with Crippen LogP contribution in [0.1, 0.15) is 18.9 Å². The van der Waals surface area contributed by atoms with Crippen molar-refractivity contribution >= 4 is 49.1 Å². The summed E-state index contributed by atoms with van der Waals surface area (Å²) in [5.74, 6) is 0.966. The van der Waals surface area contributed by atoms with Crippen LogP contribution in [0.4, 0.5) is 0 Å². The summed E-state index contributed by atoms with van der Waals surface area (Å²) >= 11 is 6.38. The van der Waals surface area contributed by atoms with Gasteiger partial charge in [-0.15, -0.1) is 11.3 Å². The monoisotopic (exact) mass is 371 g/mol. The van der Waals surface area contributed by atoms with Gasteiger partial charge >= 0.3 is 0 Å². The van der Waals surface area contributed by atoms with Gasteiger partial charge < -0.3 is 0 Å². The number of nitrogens with zero attached hydrogens (tertiary/aromatic N) is 1. The number of halogens is 1. The molecule has 7 heteroatoms. The second-order valence-corrected chi connectivity index (χ2v) is 9.75. The molecule has 0 saturated heterocycles. The van der Waals surface area contributed by atoms with Gasteiger partial charge in [0.05, 0.1) is 3.79 Å². The van der Waals surface area contributed by atoms with Gasteiger partial charge in [-0.25, -0.2) is 8.42 Å². The molecule has 104 valence electrons. The highest BCUT2D eigenvalue weighted by molar-refractivity contribution is 9.11. The highest BCUT2D eigenvalue weighted by atomic mass is 79.9. The molecule has 0 aliphatic carbocycles. The first-order valence-corrected chi connectivity index (χ1v) is 9.98. The van der Waals surface area contributed by atoms with Crippen LogP contribution in [0.25, 0.3) is 0 Å². The first kappa shape index (κ1) is 16.5. The van der Waals surface area contributed by atoms with Crippen LogP contribution < -0.4 is 0 Å². The van der Waals surface area contributed by atoms with Gasteiger partial charge in [-0.3, -0.25) is 0 Å². The molecule has 1 unspecified atom stereocenters. The van der Waals surface area contributed by atoms with E-state index in [1.165, 1.54) is 15.6 Å². The number of hydrogen-bond acceptors (Lipinski definition) is 4. The standard InChI is InChI=1S/C11H18BrNO2S3/c1-8-7-10(17-11(8)12)18(14,15)13(3)9(2)5-6-16-4/h7,9H,5-6H2,1-4H3. The lowest BCUT2D eigenvalue weighted by Crippen LogP contribution is -2.35. The molecule has 0 aliphatic rings. The maximum Gasteiger partial charge on any atom is 0.252 e. The van der Waals surface area contributed by atoms with Crippen LogP contribution in [0, 0.1) is 6.92 Å². The van der Waals surface area contributed by atoms with Crippen molar-refractivity contribution in [2.45, 2.75) is 30.5 Å². The normalized spacial score (nSPS) is 14.1. The van der Waals surface area contributed by atoms with Crippen molar-refractivity contribution in [1.29, 1.82) is 0 Å². The lowest BCUT2D eigenvalue weighted by atomic mass is 10.3. The highest BCUT2D eigenvalue weighted by Crippen LogP contribution is 2.32.